The number of rotatable bonds is 8. The van der Waals surface area contributed by atoms with Crippen LogP contribution in [0, 0.1) is 0 Å². The Morgan fingerprint density at radius 1 is 0.848 bits per heavy atom. The second kappa shape index (κ2) is 12.2. The van der Waals surface area contributed by atoms with Crippen LogP contribution in [0.15, 0.2) is 78.9 Å². The number of carbonyl (C=O) groups is 2. The van der Waals surface area contributed by atoms with Gasteiger partial charge in [0.25, 0.3) is 5.91 Å². The first-order chi connectivity index (χ1) is 16.0. The molecule has 33 heavy (non-hydrogen) atoms. The molecule has 0 radical (unpaired) electrons. The molecule has 3 aromatic rings. The molecule has 7 nitrogen and oxygen atoms in total. The standard InChI is InChI=1S/C25H25N3O4S/c1-31-20-13-11-19(12-14-20)17-23(29)27-28-25(33)26-24(30)21-9-5-6-10-22(21)32-16-15-18-7-3-2-4-8-18/h2-14H,15-17H2,1H3,(H,27,29)(H2,26,28,30,33). The van der Waals surface area contributed by atoms with Crippen molar-refractivity contribution in [1.82, 2.24) is 16.2 Å². The third kappa shape index (κ3) is 7.62. The number of amides is 2. The Kier molecular flexibility index (Phi) is 8.79. The first-order valence-electron chi connectivity index (χ1n) is 10.3. The molecule has 0 fully saturated rings. The minimum absolute atomic E-state index is 0.0258. The average molecular weight is 464 g/mol. The van der Waals surface area contributed by atoms with Gasteiger partial charge in [0.15, 0.2) is 5.11 Å². The van der Waals surface area contributed by atoms with E-state index in [-0.39, 0.29) is 17.4 Å². The second-order valence-corrected chi connectivity index (χ2v) is 7.47. The van der Waals surface area contributed by atoms with Crippen LogP contribution < -0.4 is 25.6 Å². The molecular weight excluding hydrogens is 438 g/mol. The summed E-state index contributed by atoms with van der Waals surface area (Å²) in [7, 11) is 1.58. The van der Waals surface area contributed by atoms with Gasteiger partial charge in [-0.3, -0.25) is 25.8 Å². The summed E-state index contributed by atoms with van der Waals surface area (Å²) in [6.07, 6.45) is 0.864. The molecule has 3 N–H and O–H groups in total. The fourth-order valence-electron chi connectivity index (χ4n) is 3.00. The molecule has 0 aliphatic carbocycles. The molecule has 0 aromatic heterocycles. The van der Waals surface area contributed by atoms with Crippen LogP contribution in [0.5, 0.6) is 11.5 Å². The zero-order valence-corrected chi connectivity index (χ0v) is 19.0. The minimum atomic E-state index is -0.438. The molecule has 0 aliphatic heterocycles. The largest absolute Gasteiger partial charge is 0.497 e. The summed E-state index contributed by atoms with van der Waals surface area (Å²) in [6.45, 7) is 0.429. The van der Waals surface area contributed by atoms with Crippen molar-refractivity contribution in [3.63, 3.8) is 0 Å². The van der Waals surface area contributed by atoms with Crippen molar-refractivity contribution < 1.29 is 19.1 Å². The molecule has 0 saturated carbocycles. The van der Waals surface area contributed by atoms with E-state index in [1.807, 2.05) is 30.3 Å². The normalized spacial score (nSPS) is 10.1. The summed E-state index contributed by atoms with van der Waals surface area (Å²) in [5.41, 5.74) is 7.33. The van der Waals surface area contributed by atoms with Gasteiger partial charge in [0.1, 0.15) is 11.5 Å². The van der Waals surface area contributed by atoms with Crippen LogP contribution in [0.3, 0.4) is 0 Å². The lowest BCUT2D eigenvalue weighted by atomic mass is 10.1. The highest BCUT2D eigenvalue weighted by Gasteiger charge is 2.14. The fourth-order valence-corrected chi connectivity index (χ4v) is 3.15. The van der Waals surface area contributed by atoms with Crippen LogP contribution in [0.1, 0.15) is 21.5 Å². The Hall–Kier alpha value is -3.91. The summed E-state index contributed by atoms with van der Waals surface area (Å²) < 4.78 is 10.9. The predicted octanol–water partition coefficient (Wildman–Crippen LogP) is 3.19. The molecular formula is C25H25N3O4S. The number of hydrogen-bond donors (Lipinski definition) is 3. The van der Waals surface area contributed by atoms with Gasteiger partial charge in [0, 0.05) is 6.42 Å². The van der Waals surface area contributed by atoms with E-state index in [4.69, 9.17) is 21.7 Å². The van der Waals surface area contributed by atoms with Crippen LogP contribution in [0.25, 0.3) is 0 Å². The quantitative estimate of drug-likeness (QED) is 0.351. The number of carbonyl (C=O) groups excluding carboxylic acids is 2. The summed E-state index contributed by atoms with van der Waals surface area (Å²) in [5.74, 6) is 0.427. The number of nitrogens with one attached hydrogen (secondary N) is 3. The van der Waals surface area contributed by atoms with Gasteiger partial charge in [0.05, 0.1) is 25.7 Å². The highest BCUT2D eigenvalue weighted by atomic mass is 32.1. The number of hydrogen-bond acceptors (Lipinski definition) is 5. The van der Waals surface area contributed by atoms with E-state index in [9.17, 15) is 9.59 Å². The highest BCUT2D eigenvalue weighted by molar-refractivity contribution is 7.80. The lowest BCUT2D eigenvalue weighted by Crippen LogP contribution is -2.48. The topological polar surface area (TPSA) is 88.7 Å². The van der Waals surface area contributed by atoms with E-state index in [1.54, 1.807) is 55.6 Å². The maximum absolute atomic E-state index is 12.7. The Morgan fingerprint density at radius 2 is 1.55 bits per heavy atom. The van der Waals surface area contributed by atoms with E-state index >= 15 is 0 Å². The van der Waals surface area contributed by atoms with Gasteiger partial charge >= 0.3 is 0 Å². The van der Waals surface area contributed by atoms with Gasteiger partial charge in [-0.1, -0.05) is 54.6 Å². The van der Waals surface area contributed by atoms with Gasteiger partial charge in [-0.2, -0.15) is 0 Å². The highest BCUT2D eigenvalue weighted by Crippen LogP contribution is 2.18. The number of para-hydroxylation sites is 1. The molecule has 170 valence electrons. The number of hydrazine groups is 1. The maximum Gasteiger partial charge on any atom is 0.261 e. The molecule has 0 aliphatic rings. The Morgan fingerprint density at radius 3 is 2.27 bits per heavy atom. The van der Waals surface area contributed by atoms with Crippen molar-refractivity contribution in [1.29, 1.82) is 0 Å². The van der Waals surface area contributed by atoms with E-state index in [0.717, 1.165) is 17.5 Å². The van der Waals surface area contributed by atoms with Crippen molar-refractivity contribution >= 4 is 29.1 Å². The molecule has 0 saturated heterocycles. The van der Waals surface area contributed by atoms with Crippen LogP contribution in [0.4, 0.5) is 0 Å². The molecule has 0 spiro atoms. The molecule has 3 aromatic carbocycles. The van der Waals surface area contributed by atoms with E-state index in [1.165, 1.54) is 0 Å². The van der Waals surface area contributed by atoms with Crippen molar-refractivity contribution in [2.45, 2.75) is 12.8 Å². The van der Waals surface area contributed by atoms with E-state index < -0.39 is 5.91 Å². The van der Waals surface area contributed by atoms with Crippen molar-refractivity contribution in [3.05, 3.63) is 95.6 Å². The number of benzene rings is 3. The molecule has 0 atom stereocenters. The first kappa shape index (κ1) is 23.7. The van der Waals surface area contributed by atoms with E-state index in [2.05, 4.69) is 16.2 Å². The Bertz CT molecular complexity index is 1090. The average Bonchev–Trinajstić information content (AvgIpc) is 2.84. The first-order valence-corrected chi connectivity index (χ1v) is 10.7. The second-order valence-electron chi connectivity index (χ2n) is 7.06. The van der Waals surface area contributed by atoms with Crippen molar-refractivity contribution in [2.75, 3.05) is 13.7 Å². The van der Waals surface area contributed by atoms with Crippen LogP contribution in [-0.2, 0) is 17.6 Å². The number of ether oxygens (including phenoxy) is 2. The van der Waals surface area contributed by atoms with Gasteiger partial charge in [-0.25, -0.2) is 0 Å². The Labute approximate surface area is 198 Å². The van der Waals surface area contributed by atoms with Crippen molar-refractivity contribution in [2.24, 2.45) is 0 Å². The lowest BCUT2D eigenvalue weighted by molar-refractivity contribution is -0.121. The summed E-state index contributed by atoms with van der Waals surface area (Å²) in [5, 5.41) is 2.52. The van der Waals surface area contributed by atoms with Crippen LogP contribution >= 0.6 is 12.2 Å². The third-order valence-corrected chi connectivity index (χ3v) is 4.89. The minimum Gasteiger partial charge on any atom is -0.497 e. The van der Waals surface area contributed by atoms with Gasteiger partial charge in [-0.15, -0.1) is 0 Å². The summed E-state index contributed by atoms with van der Waals surface area (Å²) >= 11 is 5.13. The van der Waals surface area contributed by atoms with Crippen molar-refractivity contribution in [3.8, 4) is 11.5 Å². The molecule has 8 heteroatoms. The van der Waals surface area contributed by atoms with Crippen LogP contribution in [0.2, 0.25) is 0 Å². The third-order valence-electron chi connectivity index (χ3n) is 4.69. The van der Waals surface area contributed by atoms with Gasteiger partial charge < -0.3 is 9.47 Å². The predicted molar refractivity (Wildman–Crippen MR) is 130 cm³/mol. The SMILES string of the molecule is COc1ccc(CC(=O)NNC(=S)NC(=O)c2ccccc2OCCc2ccccc2)cc1. The molecule has 2 amide bonds. The lowest BCUT2D eigenvalue weighted by Gasteiger charge is -2.13. The molecule has 0 unspecified atom stereocenters. The zero-order chi connectivity index (χ0) is 23.5. The van der Waals surface area contributed by atoms with Gasteiger partial charge in [0.2, 0.25) is 5.91 Å². The Balaban J connectivity index is 1.46. The monoisotopic (exact) mass is 463 g/mol. The van der Waals surface area contributed by atoms with Crippen LogP contribution in [-0.4, -0.2) is 30.6 Å². The molecule has 3 rings (SSSR count). The fraction of sp³-hybridized carbons (Fsp3) is 0.160. The summed E-state index contributed by atoms with van der Waals surface area (Å²) in [4.78, 5) is 24.8. The smallest absolute Gasteiger partial charge is 0.261 e. The number of methoxy groups -OCH3 is 1. The van der Waals surface area contributed by atoms with E-state index in [0.29, 0.717) is 23.7 Å². The molecule has 0 bridgehead atoms. The molecule has 0 heterocycles. The zero-order valence-electron chi connectivity index (χ0n) is 18.2. The number of thiocarbonyl (C=S) groups is 1. The maximum atomic E-state index is 12.7. The van der Waals surface area contributed by atoms with Gasteiger partial charge in [-0.05, 0) is 47.6 Å². The summed E-state index contributed by atoms with van der Waals surface area (Å²) in [6, 6.07) is 24.0.